The van der Waals surface area contributed by atoms with Gasteiger partial charge in [-0.2, -0.15) is 0 Å². The maximum atomic E-state index is 13.3. The normalized spacial score (nSPS) is 24.3. The molecule has 2 aromatic rings. The molecule has 26 heavy (non-hydrogen) atoms. The minimum absolute atomic E-state index is 0.00347. The lowest BCUT2D eigenvalue weighted by molar-refractivity contribution is -0.119. The van der Waals surface area contributed by atoms with Gasteiger partial charge in [-0.1, -0.05) is 6.92 Å². The Balaban J connectivity index is 1.67. The van der Waals surface area contributed by atoms with Crippen molar-refractivity contribution in [1.29, 1.82) is 0 Å². The first-order valence-electron chi connectivity index (χ1n) is 9.18. The molecule has 1 saturated heterocycles. The van der Waals surface area contributed by atoms with Gasteiger partial charge in [-0.05, 0) is 68.5 Å². The van der Waals surface area contributed by atoms with Crippen LogP contribution in [0.15, 0.2) is 41.0 Å². The van der Waals surface area contributed by atoms with Gasteiger partial charge in [-0.3, -0.25) is 9.59 Å². The van der Waals surface area contributed by atoms with Crippen LogP contribution in [0, 0.1) is 5.92 Å². The number of benzene rings is 1. The molecule has 4 rings (SSSR count). The molecule has 0 aliphatic carbocycles. The lowest BCUT2D eigenvalue weighted by Gasteiger charge is -2.37. The number of fused-ring (bicyclic) bond motifs is 1. The van der Waals surface area contributed by atoms with Crippen LogP contribution in [0.2, 0.25) is 0 Å². The van der Waals surface area contributed by atoms with Gasteiger partial charge in [-0.15, -0.1) is 0 Å². The van der Waals surface area contributed by atoms with Crippen molar-refractivity contribution in [3.05, 3.63) is 53.5 Å². The summed E-state index contributed by atoms with van der Waals surface area (Å²) in [7, 11) is 0. The van der Waals surface area contributed by atoms with Crippen LogP contribution >= 0.6 is 0 Å². The molecule has 0 radical (unpaired) electrons. The van der Waals surface area contributed by atoms with Gasteiger partial charge in [0.05, 0.1) is 17.7 Å². The first kappa shape index (κ1) is 16.9. The Morgan fingerprint density at radius 1 is 1.31 bits per heavy atom. The summed E-state index contributed by atoms with van der Waals surface area (Å²) in [5.41, 5.74) is 1.68. The Hall–Kier alpha value is -2.56. The van der Waals surface area contributed by atoms with Crippen molar-refractivity contribution < 1.29 is 14.0 Å². The van der Waals surface area contributed by atoms with E-state index in [9.17, 15) is 9.59 Å². The fourth-order valence-corrected chi connectivity index (χ4v) is 4.01. The molecule has 2 aliphatic heterocycles. The Morgan fingerprint density at radius 3 is 2.85 bits per heavy atom. The van der Waals surface area contributed by atoms with E-state index in [1.165, 1.54) is 0 Å². The van der Waals surface area contributed by atoms with E-state index in [4.69, 9.17) is 4.42 Å². The van der Waals surface area contributed by atoms with E-state index in [0.717, 1.165) is 29.9 Å². The lowest BCUT2D eigenvalue weighted by Crippen LogP contribution is -2.40. The molecule has 2 amide bonds. The Labute approximate surface area is 153 Å². The van der Waals surface area contributed by atoms with Crippen molar-refractivity contribution in [3.63, 3.8) is 0 Å². The molecule has 2 atom stereocenters. The van der Waals surface area contributed by atoms with Crippen LogP contribution in [0.5, 0.6) is 0 Å². The minimum Gasteiger partial charge on any atom is -0.467 e. The number of carbonyl (C=O) groups excluding carboxylic acids is 2. The van der Waals surface area contributed by atoms with E-state index in [1.807, 2.05) is 43.0 Å². The molecule has 1 N–H and O–H groups in total. The van der Waals surface area contributed by atoms with Gasteiger partial charge >= 0.3 is 0 Å². The maximum Gasteiger partial charge on any atom is 0.254 e. The lowest BCUT2D eigenvalue weighted by atomic mass is 9.85. The molecule has 5 heteroatoms. The summed E-state index contributed by atoms with van der Waals surface area (Å²) >= 11 is 0. The molecule has 0 spiro atoms. The highest BCUT2D eigenvalue weighted by atomic mass is 16.3. The Bertz CT molecular complexity index is 854. The van der Waals surface area contributed by atoms with E-state index < -0.39 is 5.41 Å². The molecule has 0 bridgehead atoms. The third-order valence-electron chi connectivity index (χ3n) is 5.75. The highest BCUT2D eigenvalue weighted by molar-refractivity contribution is 6.07. The predicted molar refractivity (Wildman–Crippen MR) is 99.0 cm³/mol. The van der Waals surface area contributed by atoms with E-state index in [1.54, 1.807) is 12.3 Å². The largest absolute Gasteiger partial charge is 0.467 e. The first-order chi connectivity index (χ1) is 12.4. The second kappa shape index (κ2) is 6.01. The average Bonchev–Trinajstić information content (AvgIpc) is 3.22. The second-order valence-corrected chi connectivity index (χ2v) is 8.00. The molecule has 2 aliphatic rings. The summed E-state index contributed by atoms with van der Waals surface area (Å²) in [5.74, 6) is 1.35. The van der Waals surface area contributed by atoms with Crippen LogP contribution in [-0.2, 0) is 10.2 Å². The van der Waals surface area contributed by atoms with Crippen LogP contribution in [-0.4, -0.2) is 23.3 Å². The van der Waals surface area contributed by atoms with Gasteiger partial charge in [0.2, 0.25) is 5.91 Å². The number of likely N-dealkylation sites (tertiary alicyclic amines) is 1. The number of hydrogen-bond donors (Lipinski definition) is 1. The standard InChI is InChI=1S/C21H24N2O3/c1-13-8-9-23(17(11-13)18-5-4-10-26-18)19(24)14-6-7-16-15(12-14)21(2,3)20(25)22-16/h4-7,10,12-13,17H,8-9,11H2,1-3H3,(H,22,25). The number of piperidine rings is 1. The van der Waals surface area contributed by atoms with Crippen molar-refractivity contribution in [2.24, 2.45) is 5.92 Å². The fraction of sp³-hybridized carbons (Fsp3) is 0.429. The molecule has 5 nitrogen and oxygen atoms in total. The zero-order chi connectivity index (χ0) is 18.5. The van der Waals surface area contributed by atoms with Crippen LogP contribution in [0.4, 0.5) is 5.69 Å². The van der Waals surface area contributed by atoms with Gasteiger partial charge in [0, 0.05) is 17.8 Å². The van der Waals surface area contributed by atoms with Crippen LogP contribution in [0.1, 0.15) is 61.3 Å². The van der Waals surface area contributed by atoms with E-state index in [0.29, 0.717) is 18.0 Å². The van der Waals surface area contributed by atoms with Gasteiger partial charge in [0.25, 0.3) is 5.91 Å². The fourth-order valence-electron chi connectivity index (χ4n) is 4.01. The predicted octanol–water partition coefficient (Wildman–Crippen LogP) is 4.12. The molecule has 0 saturated carbocycles. The van der Waals surface area contributed by atoms with E-state index >= 15 is 0 Å². The first-order valence-corrected chi connectivity index (χ1v) is 9.18. The topological polar surface area (TPSA) is 62.6 Å². The van der Waals surface area contributed by atoms with Gasteiger partial charge in [0.1, 0.15) is 5.76 Å². The molecule has 1 aromatic heterocycles. The van der Waals surface area contributed by atoms with E-state index in [-0.39, 0.29) is 17.9 Å². The molecule has 136 valence electrons. The number of rotatable bonds is 2. The molecule has 1 aromatic carbocycles. The summed E-state index contributed by atoms with van der Waals surface area (Å²) in [6.07, 6.45) is 3.54. The molecule has 3 heterocycles. The monoisotopic (exact) mass is 352 g/mol. The van der Waals surface area contributed by atoms with Crippen LogP contribution < -0.4 is 5.32 Å². The Morgan fingerprint density at radius 2 is 2.12 bits per heavy atom. The minimum atomic E-state index is -0.623. The van der Waals surface area contributed by atoms with Gasteiger partial charge in [0.15, 0.2) is 0 Å². The van der Waals surface area contributed by atoms with Crippen LogP contribution in [0.3, 0.4) is 0 Å². The SMILES string of the molecule is CC1CCN(C(=O)c2ccc3c(c2)C(C)(C)C(=O)N3)C(c2ccco2)C1. The second-order valence-electron chi connectivity index (χ2n) is 8.00. The quantitative estimate of drug-likeness (QED) is 0.884. The highest BCUT2D eigenvalue weighted by Crippen LogP contribution is 2.39. The summed E-state index contributed by atoms with van der Waals surface area (Å²) in [6.45, 7) is 6.70. The van der Waals surface area contributed by atoms with Crippen molar-refractivity contribution in [2.75, 3.05) is 11.9 Å². The summed E-state index contributed by atoms with van der Waals surface area (Å²) in [5, 5.41) is 2.89. The number of furan rings is 1. The number of nitrogens with zero attached hydrogens (tertiary/aromatic N) is 1. The van der Waals surface area contributed by atoms with Crippen molar-refractivity contribution in [2.45, 2.75) is 45.1 Å². The maximum absolute atomic E-state index is 13.3. The van der Waals surface area contributed by atoms with Gasteiger partial charge in [-0.25, -0.2) is 0 Å². The smallest absolute Gasteiger partial charge is 0.254 e. The molecular weight excluding hydrogens is 328 g/mol. The zero-order valence-corrected chi connectivity index (χ0v) is 15.4. The molecular formula is C21H24N2O3. The third kappa shape index (κ3) is 2.62. The van der Waals surface area contributed by atoms with Crippen molar-refractivity contribution >= 4 is 17.5 Å². The number of anilines is 1. The number of carbonyl (C=O) groups is 2. The number of nitrogens with one attached hydrogen (secondary N) is 1. The summed E-state index contributed by atoms with van der Waals surface area (Å²) in [6, 6.07) is 9.28. The van der Waals surface area contributed by atoms with Crippen molar-refractivity contribution in [3.8, 4) is 0 Å². The third-order valence-corrected chi connectivity index (χ3v) is 5.75. The highest BCUT2D eigenvalue weighted by Gasteiger charge is 2.39. The number of hydrogen-bond acceptors (Lipinski definition) is 3. The zero-order valence-electron chi connectivity index (χ0n) is 15.4. The molecule has 1 fully saturated rings. The summed E-state index contributed by atoms with van der Waals surface area (Å²) in [4.78, 5) is 27.4. The Kier molecular flexibility index (Phi) is 3.90. The average molecular weight is 352 g/mol. The van der Waals surface area contributed by atoms with Crippen LogP contribution in [0.25, 0.3) is 0 Å². The van der Waals surface area contributed by atoms with E-state index in [2.05, 4.69) is 12.2 Å². The number of amides is 2. The van der Waals surface area contributed by atoms with Gasteiger partial charge < -0.3 is 14.6 Å². The summed E-state index contributed by atoms with van der Waals surface area (Å²) < 4.78 is 5.61. The molecule has 2 unspecified atom stereocenters. The van der Waals surface area contributed by atoms with Crippen molar-refractivity contribution in [1.82, 2.24) is 4.90 Å².